The van der Waals surface area contributed by atoms with Gasteiger partial charge < -0.3 is 5.32 Å². The Morgan fingerprint density at radius 3 is 2.53 bits per heavy atom. The zero-order valence-corrected chi connectivity index (χ0v) is 11.9. The summed E-state index contributed by atoms with van der Waals surface area (Å²) < 4.78 is 0. The third-order valence-electron chi connectivity index (χ3n) is 4.34. The highest BCUT2D eigenvalue weighted by Gasteiger charge is 2.30. The van der Waals surface area contributed by atoms with E-state index in [1.165, 1.54) is 51.7 Å². The van der Waals surface area contributed by atoms with E-state index in [0.717, 1.165) is 23.9 Å². The molecule has 1 heterocycles. The van der Waals surface area contributed by atoms with Crippen LogP contribution in [-0.4, -0.2) is 36.6 Å². The number of piperidine rings is 1. The monoisotopic (exact) mass is 238 g/mol. The Balaban J connectivity index is 1.82. The summed E-state index contributed by atoms with van der Waals surface area (Å²) in [5, 5.41) is 3.76. The summed E-state index contributed by atoms with van der Waals surface area (Å²) in [6.45, 7) is 10.8. The number of nitrogens with zero attached hydrogens (tertiary/aromatic N) is 1. The fraction of sp³-hybridized carbons (Fsp3) is 1.00. The summed E-state index contributed by atoms with van der Waals surface area (Å²) in [5.41, 5.74) is 0. The molecule has 0 bridgehead atoms. The van der Waals surface area contributed by atoms with E-state index in [1.807, 2.05) is 0 Å². The lowest BCUT2D eigenvalue weighted by atomic mass is 9.94. The normalized spacial score (nSPS) is 32.5. The van der Waals surface area contributed by atoms with Crippen molar-refractivity contribution in [3.05, 3.63) is 0 Å². The Morgan fingerprint density at radius 2 is 1.88 bits per heavy atom. The Morgan fingerprint density at radius 1 is 1.18 bits per heavy atom. The average Bonchev–Trinajstić information content (AvgIpc) is 2.79. The first kappa shape index (κ1) is 13.4. The van der Waals surface area contributed by atoms with Crippen LogP contribution in [0.1, 0.15) is 52.9 Å². The number of hydrogen-bond acceptors (Lipinski definition) is 2. The van der Waals surface area contributed by atoms with E-state index in [4.69, 9.17) is 0 Å². The van der Waals surface area contributed by atoms with Crippen molar-refractivity contribution in [2.75, 3.05) is 19.6 Å². The topological polar surface area (TPSA) is 15.3 Å². The largest absolute Gasteiger partial charge is 0.312 e. The molecule has 2 atom stereocenters. The maximum atomic E-state index is 3.76. The van der Waals surface area contributed by atoms with Crippen molar-refractivity contribution in [3.8, 4) is 0 Å². The summed E-state index contributed by atoms with van der Waals surface area (Å²) in [6, 6.07) is 1.64. The molecule has 0 amide bonds. The highest BCUT2D eigenvalue weighted by molar-refractivity contribution is 4.87. The minimum absolute atomic E-state index is 0.738. The second-order valence-electron chi connectivity index (χ2n) is 6.73. The second-order valence-corrected chi connectivity index (χ2v) is 6.73. The molecule has 17 heavy (non-hydrogen) atoms. The van der Waals surface area contributed by atoms with Gasteiger partial charge in [0.05, 0.1) is 0 Å². The number of rotatable bonds is 4. The zero-order valence-electron chi connectivity index (χ0n) is 11.9. The third kappa shape index (κ3) is 3.96. The molecule has 2 heteroatoms. The Bertz CT molecular complexity index is 221. The van der Waals surface area contributed by atoms with E-state index >= 15 is 0 Å². The number of likely N-dealkylation sites (tertiary alicyclic amines) is 1. The predicted molar refractivity (Wildman–Crippen MR) is 74.2 cm³/mol. The van der Waals surface area contributed by atoms with Gasteiger partial charge in [-0.15, -0.1) is 0 Å². The fourth-order valence-electron chi connectivity index (χ4n) is 3.51. The van der Waals surface area contributed by atoms with Gasteiger partial charge in [0.25, 0.3) is 0 Å². The molecule has 2 rings (SSSR count). The summed E-state index contributed by atoms with van der Waals surface area (Å²) in [5.74, 6) is 1.64. The van der Waals surface area contributed by atoms with Gasteiger partial charge in [0.15, 0.2) is 0 Å². The lowest BCUT2D eigenvalue weighted by Gasteiger charge is -2.40. The van der Waals surface area contributed by atoms with Crippen molar-refractivity contribution >= 4 is 0 Å². The van der Waals surface area contributed by atoms with Crippen LogP contribution >= 0.6 is 0 Å². The maximum Gasteiger partial charge on any atom is 0.0198 e. The van der Waals surface area contributed by atoms with Crippen LogP contribution in [-0.2, 0) is 0 Å². The third-order valence-corrected chi connectivity index (χ3v) is 4.34. The van der Waals surface area contributed by atoms with Crippen LogP contribution in [0.5, 0.6) is 0 Å². The summed E-state index contributed by atoms with van der Waals surface area (Å²) >= 11 is 0. The van der Waals surface area contributed by atoms with Crippen LogP contribution in [0, 0.1) is 11.8 Å². The van der Waals surface area contributed by atoms with Gasteiger partial charge in [0.2, 0.25) is 0 Å². The molecule has 100 valence electrons. The maximum absolute atomic E-state index is 3.76. The molecule has 2 fully saturated rings. The van der Waals surface area contributed by atoms with E-state index in [1.54, 1.807) is 0 Å². The smallest absolute Gasteiger partial charge is 0.0198 e. The van der Waals surface area contributed by atoms with Gasteiger partial charge in [-0.2, -0.15) is 0 Å². The predicted octanol–water partition coefficient (Wildman–Crippen LogP) is 2.89. The van der Waals surface area contributed by atoms with E-state index in [-0.39, 0.29) is 0 Å². The van der Waals surface area contributed by atoms with Crippen LogP contribution < -0.4 is 5.32 Å². The lowest BCUT2D eigenvalue weighted by molar-refractivity contribution is 0.104. The number of hydrogen-bond donors (Lipinski definition) is 1. The van der Waals surface area contributed by atoms with Gasteiger partial charge >= 0.3 is 0 Å². The molecule has 1 N–H and O–H groups in total. The first-order chi connectivity index (χ1) is 8.15. The van der Waals surface area contributed by atoms with Crippen molar-refractivity contribution in [2.45, 2.75) is 65.0 Å². The van der Waals surface area contributed by atoms with E-state index in [9.17, 15) is 0 Å². The van der Waals surface area contributed by atoms with Crippen molar-refractivity contribution in [1.82, 2.24) is 10.2 Å². The summed E-state index contributed by atoms with van der Waals surface area (Å²) in [4.78, 5) is 2.78. The summed E-state index contributed by atoms with van der Waals surface area (Å²) in [7, 11) is 0. The molecular formula is C15H30N2. The molecule has 0 aromatic rings. The molecule has 2 aliphatic rings. The standard InChI is InChI=1S/C15H30N2/c1-12(2)9-16-14-8-13(3)10-17(11-14)15-6-4-5-7-15/h12-16H,4-11H2,1-3H3. The number of nitrogens with one attached hydrogen (secondary N) is 1. The van der Waals surface area contributed by atoms with Crippen LogP contribution in [0.3, 0.4) is 0 Å². The van der Waals surface area contributed by atoms with E-state index in [0.29, 0.717) is 0 Å². The Kier molecular flexibility index (Phi) is 4.87. The fourth-order valence-corrected chi connectivity index (χ4v) is 3.51. The van der Waals surface area contributed by atoms with Crippen LogP contribution in [0.4, 0.5) is 0 Å². The van der Waals surface area contributed by atoms with Gasteiger partial charge in [-0.3, -0.25) is 4.90 Å². The van der Waals surface area contributed by atoms with E-state index in [2.05, 4.69) is 31.0 Å². The van der Waals surface area contributed by atoms with Crippen molar-refractivity contribution in [1.29, 1.82) is 0 Å². The molecule has 2 nitrogen and oxygen atoms in total. The van der Waals surface area contributed by atoms with Gasteiger partial charge in [0.1, 0.15) is 0 Å². The first-order valence-electron chi connectivity index (χ1n) is 7.62. The molecule has 1 aliphatic heterocycles. The molecule has 1 saturated heterocycles. The molecule has 0 aromatic carbocycles. The van der Waals surface area contributed by atoms with Crippen molar-refractivity contribution in [2.24, 2.45) is 11.8 Å². The van der Waals surface area contributed by atoms with Gasteiger partial charge in [0, 0.05) is 25.2 Å². The van der Waals surface area contributed by atoms with Gasteiger partial charge in [-0.25, -0.2) is 0 Å². The van der Waals surface area contributed by atoms with Gasteiger partial charge in [-0.1, -0.05) is 33.6 Å². The highest BCUT2D eigenvalue weighted by Crippen LogP contribution is 2.27. The Hall–Kier alpha value is -0.0800. The minimum Gasteiger partial charge on any atom is -0.312 e. The molecule has 1 aliphatic carbocycles. The van der Waals surface area contributed by atoms with Crippen molar-refractivity contribution in [3.63, 3.8) is 0 Å². The molecule has 1 saturated carbocycles. The van der Waals surface area contributed by atoms with Crippen LogP contribution in [0.2, 0.25) is 0 Å². The van der Waals surface area contributed by atoms with Gasteiger partial charge in [-0.05, 0) is 37.6 Å². The molecule has 0 radical (unpaired) electrons. The molecular weight excluding hydrogens is 208 g/mol. The highest BCUT2D eigenvalue weighted by atomic mass is 15.2. The Labute approximate surface area is 107 Å². The second kappa shape index (κ2) is 6.19. The lowest BCUT2D eigenvalue weighted by Crippen LogP contribution is -2.52. The van der Waals surface area contributed by atoms with Crippen LogP contribution in [0.25, 0.3) is 0 Å². The molecule has 2 unspecified atom stereocenters. The van der Waals surface area contributed by atoms with E-state index < -0.39 is 0 Å². The quantitative estimate of drug-likeness (QED) is 0.810. The average molecular weight is 238 g/mol. The SMILES string of the molecule is CC(C)CNC1CC(C)CN(C2CCCC2)C1. The summed E-state index contributed by atoms with van der Waals surface area (Å²) in [6.07, 6.45) is 7.18. The van der Waals surface area contributed by atoms with Crippen molar-refractivity contribution < 1.29 is 0 Å². The molecule has 0 aromatic heterocycles. The first-order valence-corrected chi connectivity index (χ1v) is 7.62. The van der Waals surface area contributed by atoms with Crippen LogP contribution in [0.15, 0.2) is 0 Å². The zero-order chi connectivity index (χ0) is 12.3. The molecule has 0 spiro atoms. The minimum atomic E-state index is 0.738.